The van der Waals surface area contributed by atoms with Crippen molar-refractivity contribution in [3.8, 4) is 11.4 Å². The number of carbonyl (C=O) groups excluding carboxylic acids is 1. The van der Waals surface area contributed by atoms with E-state index in [1.54, 1.807) is 12.1 Å². The Morgan fingerprint density at radius 2 is 2.09 bits per heavy atom. The van der Waals surface area contributed by atoms with Crippen LogP contribution >= 0.6 is 0 Å². The van der Waals surface area contributed by atoms with Gasteiger partial charge in [0.05, 0.1) is 6.26 Å². The second-order valence-corrected chi connectivity index (χ2v) is 4.81. The molecule has 0 bridgehead atoms. The molecule has 0 radical (unpaired) electrons. The van der Waals surface area contributed by atoms with Gasteiger partial charge in [0, 0.05) is 18.5 Å². The minimum absolute atomic E-state index is 0.261. The normalized spacial score (nSPS) is 10.6. The summed E-state index contributed by atoms with van der Waals surface area (Å²) in [5.74, 6) is 1.07. The number of aromatic nitrogens is 2. The lowest BCUT2D eigenvalue weighted by atomic mass is 10.1. The fourth-order valence-corrected chi connectivity index (χ4v) is 2.07. The number of hydrogen-bond acceptors (Lipinski definition) is 5. The van der Waals surface area contributed by atoms with Crippen LogP contribution in [0.3, 0.4) is 0 Å². The van der Waals surface area contributed by atoms with Gasteiger partial charge in [-0.25, -0.2) is 0 Å². The van der Waals surface area contributed by atoms with E-state index in [0.717, 1.165) is 11.1 Å². The van der Waals surface area contributed by atoms with Gasteiger partial charge >= 0.3 is 0 Å². The van der Waals surface area contributed by atoms with E-state index in [4.69, 9.17) is 8.94 Å². The number of nitrogens with one attached hydrogen (secondary N) is 1. The van der Waals surface area contributed by atoms with Crippen LogP contribution in [0.25, 0.3) is 11.4 Å². The van der Waals surface area contributed by atoms with Crippen LogP contribution in [0.1, 0.15) is 22.0 Å². The van der Waals surface area contributed by atoms with Crippen LogP contribution in [-0.4, -0.2) is 22.6 Å². The van der Waals surface area contributed by atoms with Crippen molar-refractivity contribution < 1.29 is 13.7 Å². The summed E-state index contributed by atoms with van der Waals surface area (Å²) in [5.41, 5.74) is 2.03. The molecule has 3 aromatic rings. The van der Waals surface area contributed by atoms with Crippen LogP contribution in [0, 0.1) is 6.92 Å². The number of amides is 1. The van der Waals surface area contributed by atoms with Gasteiger partial charge in [-0.3, -0.25) is 4.79 Å². The van der Waals surface area contributed by atoms with Crippen molar-refractivity contribution in [2.75, 3.05) is 6.54 Å². The van der Waals surface area contributed by atoms with Crippen molar-refractivity contribution in [2.45, 2.75) is 13.3 Å². The number of rotatable bonds is 5. The van der Waals surface area contributed by atoms with E-state index < -0.39 is 0 Å². The Bertz CT molecular complexity index is 763. The van der Waals surface area contributed by atoms with E-state index in [9.17, 15) is 4.79 Å². The Balaban J connectivity index is 1.58. The molecule has 0 spiro atoms. The van der Waals surface area contributed by atoms with Crippen LogP contribution in [0.15, 0.2) is 51.6 Å². The highest BCUT2D eigenvalue weighted by Gasteiger charge is 2.12. The van der Waals surface area contributed by atoms with E-state index >= 15 is 0 Å². The first kappa shape index (κ1) is 14.1. The van der Waals surface area contributed by atoms with Crippen LogP contribution in [-0.2, 0) is 6.42 Å². The predicted molar refractivity (Wildman–Crippen MR) is 79.2 cm³/mol. The number of benzene rings is 1. The fraction of sp³-hybridized carbons (Fsp3) is 0.188. The highest BCUT2D eigenvalue weighted by atomic mass is 16.5. The van der Waals surface area contributed by atoms with Gasteiger partial charge in [0.25, 0.3) is 5.91 Å². The molecule has 112 valence electrons. The summed E-state index contributed by atoms with van der Waals surface area (Å²) < 4.78 is 10.2. The maximum absolute atomic E-state index is 11.7. The molecule has 0 unspecified atom stereocenters. The average molecular weight is 297 g/mol. The quantitative estimate of drug-likeness (QED) is 0.783. The van der Waals surface area contributed by atoms with Gasteiger partial charge in [0.15, 0.2) is 5.76 Å². The Morgan fingerprint density at radius 1 is 1.23 bits per heavy atom. The summed E-state index contributed by atoms with van der Waals surface area (Å²) >= 11 is 0. The SMILES string of the molecule is Cc1ccccc1-c1noc(CCNC(=O)c2ccco2)n1. The first-order valence-corrected chi connectivity index (χ1v) is 6.94. The number of aryl methyl sites for hydroxylation is 1. The minimum atomic E-state index is -0.261. The van der Waals surface area contributed by atoms with Gasteiger partial charge in [0.2, 0.25) is 11.7 Å². The Labute approximate surface area is 127 Å². The molecule has 0 aliphatic carbocycles. The highest BCUT2D eigenvalue weighted by molar-refractivity contribution is 5.91. The monoisotopic (exact) mass is 297 g/mol. The highest BCUT2D eigenvalue weighted by Crippen LogP contribution is 2.19. The molecule has 0 saturated heterocycles. The Hall–Kier alpha value is -2.89. The average Bonchev–Trinajstić information content (AvgIpc) is 3.19. The van der Waals surface area contributed by atoms with Crippen LogP contribution in [0.2, 0.25) is 0 Å². The molecule has 0 fully saturated rings. The largest absolute Gasteiger partial charge is 0.459 e. The summed E-state index contributed by atoms with van der Waals surface area (Å²) in [6.45, 7) is 2.39. The fourth-order valence-electron chi connectivity index (χ4n) is 2.07. The number of carbonyl (C=O) groups is 1. The van der Waals surface area contributed by atoms with Gasteiger partial charge in [-0.15, -0.1) is 0 Å². The van der Waals surface area contributed by atoms with E-state index in [2.05, 4.69) is 15.5 Å². The van der Waals surface area contributed by atoms with E-state index in [0.29, 0.717) is 24.7 Å². The topological polar surface area (TPSA) is 81.2 Å². The molecule has 3 rings (SSSR count). The lowest BCUT2D eigenvalue weighted by Gasteiger charge is -2.00. The number of nitrogens with zero attached hydrogens (tertiary/aromatic N) is 2. The molecule has 0 aliphatic rings. The van der Waals surface area contributed by atoms with Gasteiger partial charge in [-0.1, -0.05) is 29.4 Å². The zero-order chi connectivity index (χ0) is 15.4. The smallest absolute Gasteiger partial charge is 0.286 e. The molecule has 0 aliphatic heterocycles. The first-order chi connectivity index (χ1) is 10.7. The second kappa shape index (κ2) is 6.26. The molecular weight excluding hydrogens is 282 g/mol. The third kappa shape index (κ3) is 3.06. The second-order valence-electron chi connectivity index (χ2n) is 4.81. The Kier molecular flexibility index (Phi) is 4.00. The minimum Gasteiger partial charge on any atom is -0.459 e. The lowest BCUT2D eigenvalue weighted by Crippen LogP contribution is -2.25. The molecule has 0 saturated carbocycles. The maximum Gasteiger partial charge on any atom is 0.286 e. The first-order valence-electron chi connectivity index (χ1n) is 6.94. The van der Waals surface area contributed by atoms with Crippen LogP contribution in [0.5, 0.6) is 0 Å². The van der Waals surface area contributed by atoms with Gasteiger partial charge in [-0.2, -0.15) is 4.98 Å². The van der Waals surface area contributed by atoms with Crippen molar-refractivity contribution >= 4 is 5.91 Å². The van der Waals surface area contributed by atoms with E-state index in [-0.39, 0.29) is 11.7 Å². The third-order valence-corrected chi connectivity index (χ3v) is 3.22. The third-order valence-electron chi connectivity index (χ3n) is 3.22. The van der Waals surface area contributed by atoms with Crippen molar-refractivity contribution in [1.82, 2.24) is 15.5 Å². The summed E-state index contributed by atoms with van der Waals surface area (Å²) in [4.78, 5) is 16.0. The standard InChI is InChI=1S/C16H15N3O3/c1-11-5-2-3-6-12(11)15-18-14(22-19-15)8-9-17-16(20)13-7-4-10-21-13/h2-7,10H,8-9H2,1H3,(H,17,20). The van der Waals surface area contributed by atoms with Crippen LogP contribution in [0.4, 0.5) is 0 Å². The number of furan rings is 1. The molecule has 1 aromatic carbocycles. The molecule has 6 nitrogen and oxygen atoms in total. The number of hydrogen-bond donors (Lipinski definition) is 1. The maximum atomic E-state index is 11.7. The van der Waals surface area contributed by atoms with Crippen molar-refractivity contribution in [3.63, 3.8) is 0 Å². The molecular formula is C16H15N3O3. The molecule has 1 N–H and O–H groups in total. The summed E-state index contributed by atoms with van der Waals surface area (Å²) in [7, 11) is 0. The van der Waals surface area contributed by atoms with Crippen molar-refractivity contribution in [3.05, 3.63) is 59.9 Å². The van der Waals surface area contributed by atoms with E-state index in [1.165, 1.54) is 6.26 Å². The van der Waals surface area contributed by atoms with Gasteiger partial charge in [0.1, 0.15) is 0 Å². The van der Waals surface area contributed by atoms with Crippen LogP contribution < -0.4 is 5.32 Å². The summed E-state index contributed by atoms with van der Waals surface area (Å²) in [6, 6.07) is 11.1. The van der Waals surface area contributed by atoms with Gasteiger partial charge in [-0.05, 0) is 24.6 Å². The predicted octanol–water partition coefficient (Wildman–Crippen LogP) is 2.61. The molecule has 2 heterocycles. The molecule has 22 heavy (non-hydrogen) atoms. The summed E-state index contributed by atoms with van der Waals surface area (Å²) in [6.07, 6.45) is 1.92. The zero-order valence-corrected chi connectivity index (χ0v) is 12.1. The Morgan fingerprint density at radius 3 is 2.86 bits per heavy atom. The molecule has 6 heteroatoms. The molecule has 1 amide bonds. The molecule has 0 atom stereocenters. The van der Waals surface area contributed by atoms with Gasteiger partial charge < -0.3 is 14.3 Å². The lowest BCUT2D eigenvalue weighted by molar-refractivity contribution is 0.0925. The van der Waals surface area contributed by atoms with E-state index in [1.807, 2.05) is 31.2 Å². The summed E-state index contributed by atoms with van der Waals surface area (Å²) in [5, 5.41) is 6.71. The van der Waals surface area contributed by atoms with Crippen molar-refractivity contribution in [1.29, 1.82) is 0 Å². The molecule has 2 aromatic heterocycles. The van der Waals surface area contributed by atoms with Crippen molar-refractivity contribution in [2.24, 2.45) is 0 Å². The zero-order valence-electron chi connectivity index (χ0n) is 12.1.